The summed E-state index contributed by atoms with van der Waals surface area (Å²) in [4.78, 5) is 6.57. The zero-order valence-corrected chi connectivity index (χ0v) is 16.0. The molecule has 6 heteroatoms. The second kappa shape index (κ2) is 9.89. The van der Waals surface area contributed by atoms with Gasteiger partial charge in [-0.15, -0.1) is 24.0 Å². The van der Waals surface area contributed by atoms with E-state index in [-0.39, 0.29) is 24.0 Å². The van der Waals surface area contributed by atoms with Gasteiger partial charge in [0.15, 0.2) is 5.96 Å². The summed E-state index contributed by atoms with van der Waals surface area (Å²) >= 11 is 0. The Morgan fingerprint density at radius 2 is 1.86 bits per heavy atom. The van der Waals surface area contributed by atoms with Gasteiger partial charge < -0.3 is 20.3 Å². The predicted octanol–water partition coefficient (Wildman–Crippen LogP) is 2.21. The van der Waals surface area contributed by atoms with E-state index in [1.165, 1.54) is 11.3 Å². The maximum Gasteiger partial charge on any atom is 0.191 e. The number of rotatable bonds is 4. The van der Waals surface area contributed by atoms with Crippen LogP contribution in [-0.4, -0.2) is 45.4 Å². The van der Waals surface area contributed by atoms with Crippen LogP contribution in [0.2, 0.25) is 0 Å². The van der Waals surface area contributed by atoms with Gasteiger partial charge in [0, 0.05) is 38.4 Å². The molecule has 1 aliphatic rings. The molecule has 0 atom stereocenters. The average Bonchev–Trinajstić information content (AvgIpc) is 2.52. The fourth-order valence-electron chi connectivity index (χ4n) is 2.30. The third-order valence-corrected chi connectivity index (χ3v) is 3.42. The molecule has 2 rings (SSSR count). The Bertz CT molecular complexity index is 456. The first kappa shape index (κ1) is 19.0. The van der Waals surface area contributed by atoms with E-state index in [0.717, 1.165) is 38.8 Å². The van der Waals surface area contributed by atoms with Crippen LogP contribution >= 0.6 is 24.0 Å². The van der Waals surface area contributed by atoms with Crippen molar-refractivity contribution in [2.75, 3.05) is 38.3 Å². The molecule has 1 saturated heterocycles. The van der Waals surface area contributed by atoms with Gasteiger partial charge in [-0.05, 0) is 31.5 Å². The summed E-state index contributed by atoms with van der Waals surface area (Å²) in [6.45, 7) is 8.57. The van der Waals surface area contributed by atoms with Crippen LogP contribution in [0.25, 0.3) is 0 Å². The molecule has 2 N–H and O–H groups in total. The Kier molecular flexibility index (Phi) is 8.55. The van der Waals surface area contributed by atoms with Crippen molar-refractivity contribution in [3.63, 3.8) is 0 Å². The molecular weight excluding hydrogens is 391 g/mol. The largest absolute Gasteiger partial charge is 0.378 e. The minimum Gasteiger partial charge on any atom is -0.378 e. The molecule has 1 fully saturated rings. The maximum absolute atomic E-state index is 5.38. The molecule has 0 aromatic heterocycles. The summed E-state index contributed by atoms with van der Waals surface area (Å²) in [5.74, 6) is 0.835. The van der Waals surface area contributed by atoms with Crippen LogP contribution < -0.4 is 15.5 Å². The van der Waals surface area contributed by atoms with E-state index in [1.54, 1.807) is 7.05 Å². The van der Waals surface area contributed by atoms with Gasteiger partial charge in [-0.1, -0.05) is 12.1 Å². The van der Waals surface area contributed by atoms with Crippen LogP contribution in [0.4, 0.5) is 5.69 Å². The van der Waals surface area contributed by atoms with Crippen molar-refractivity contribution < 1.29 is 4.74 Å². The number of halogens is 1. The van der Waals surface area contributed by atoms with Crippen molar-refractivity contribution in [1.29, 1.82) is 0 Å². The van der Waals surface area contributed by atoms with Crippen LogP contribution in [-0.2, 0) is 11.3 Å². The summed E-state index contributed by atoms with van der Waals surface area (Å²) in [6, 6.07) is 9.07. The highest BCUT2D eigenvalue weighted by molar-refractivity contribution is 14.0. The van der Waals surface area contributed by atoms with E-state index in [2.05, 4.69) is 58.6 Å². The number of nitrogens with one attached hydrogen (secondary N) is 2. The molecule has 0 aliphatic carbocycles. The molecule has 0 saturated carbocycles. The lowest BCUT2D eigenvalue weighted by Crippen LogP contribution is -2.40. The topological polar surface area (TPSA) is 48.9 Å². The third kappa shape index (κ3) is 6.00. The fraction of sp³-hybridized carbons (Fsp3) is 0.562. The smallest absolute Gasteiger partial charge is 0.191 e. The second-order valence-corrected chi connectivity index (χ2v) is 5.49. The lowest BCUT2D eigenvalue weighted by molar-refractivity contribution is 0.122. The summed E-state index contributed by atoms with van der Waals surface area (Å²) in [5, 5.41) is 6.60. The van der Waals surface area contributed by atoms with Gasteiger partial charge >= 0.3 is 0 Å². The lowest BCUT2D eigenvalue weighted by atomic mass is 10.2. The first-order valence-electron chi connectivity index (χ1n) is 7.58. The van der Waals surface area contributed by atoms with E-state index < -0.39 is 0 Å². The van der Waals surface area contributed by atoms with Crippen molar-refractivity contribution in [2.45, 2.75) is 26.4 Å². The summed E-state index contributed by atoms with van der Waals surface area (Å²) in [5.41, 5.74) is 2.52. The number of anilines is 1. The van der Waals surface area contributed by atoms with Gasteiger partial charge in [0.05, 0.1) is 13.2 Å². The highest BCUT2D eigenvalue weighted by Crippen LogP contribution is 2.16. The molecule has 124 valence electrons. The minimum absolute atomic E-state index is 0. The number of nitrogens with zero attached hydrogens (tertiary/aromatic N) is 2. The Hall–Kier alpha value is -1.02. The van der Waals surface area contributed by atoms with Crippen LogP contribution in [0.3, 0.4) is 0 Å². The van der Waals surface area contributed by atoms with Gasteiger partial charge in [0.2, 0.25) is 0 Å². The normalized spacial score (nSPS) is 15.5. The monoisotopic (exact) mass is 418 g/mol. The van der Waals surface area contributed by atoms with Crippen molar-refractivity contribution in [3.05, 3.63) is 29.8 Å². The zero-order chi connectivity index (χ0) is 15.1. The molecule has 1 aromatic rings. The van der Waals surface area contributed by atoms with E-state index >= 15 is 0 Å². The molecule has 0 radical (unpaired) electrons. The number of morpholine rings is 1. The van der Waals surface area contributed by atoms with Crippen molar-refractivity contribution >= 4 is 35.6 Å². The van der Waals surface area contributed by atoms with Crippen molar-refractivity contribution in [3.8, 4) is 0 Å². The van der Waals surface area contributed by atoms with Crippen LogP contribution in [0, 0.1) is 0 Å². The predicted molar refractivity (Wildman–Crippen MR) is 103 cm³/mol. The summed E-state index contributed by atoms with van der Waals surface area (Å²) in [7, 11) is 1.79. The van der Waals surface area contributed by atoms with Gasteiger partial charge in [0.1, 0.15) is 0 Å². The lowest BCUT2D eigenvalue weighted by Gasteiger charge is -2.29. The molecule has 0 spiro atoms. The standard InChI is InChI=1S/C16H26N4O.HI/c1-13(2)19-16(17-3)18-12-14-4-6-15(7-5-14)20-8-10-21-11-9-20;/h4-7,13H,8-12H2,1-3H3,(H2,17,18,19);1H. The quantitative estimate of drug-likeness (QED) is 0.447. The minimum atomic E-state index is 0. The molecule has 1 aromatic carbocycles. The molecule has 1 heterocycles. The van der Waals surface area contributed by atoms with Gasteiger partial charge in [-0.3, -0.25) is 4.99 Å². The molecule has 0 bridgehead atoms. The summed E-state index contributed by atoms with van der Waals surface area (Å²) < 4.78 is 5.38. The molecule has 0 amide bonds. The SMILES string of the molecule is CN=C(NCc1ccc(N2CCOCC2)cc1)NC(C)C.I. The van der Waals surface area contributed by atoms with E-state index in [1.807, 2.05) is 0 Å². The Morgan fingerprint density at radius 1 is 1.23 bits per heavy atom. The number of aliphatic imine (C=N–C) groups is 1. The number of benzene rings is 1. The number of guanidine groups is 1. The molecular formula is C16H27IN4O. The second-order valence-electron chi connectivity index (χ2n) is 5.49. The summed E-state index contributed by atoms with van der Waals surface area (Å²) in [6.07, 6.45) is 0. The highest BCUT2D eigenvalue weighted by atomic mass is 127. The van der Waals surface area contributed by atoms with Crippen LogP contribution in [0.15, 0.2) is 29.3 Å². The van der Waals surface area contributed by atoms with Crippen molar-refractivity contribution in [2.24, 2.45) is 4.99 Å². The zero-order valence-electron chi connectivity index (χ0n) is 13.6. The van der Waals surface area contributed by atoms with Gasteiger partial charge in [-0.25, -0.2) is 0 Å². The first-order chi connectivity index (χ1) is 10.2. The maximum atomic E-state index is 5.38. The Labute approximate surface area is 150 Å². The highest BCUT2D eigenvalue weighted by Gasteiger charge is 2.10. The Balaban J connectivity index is 0.00000242. The average molecular weight is 418 g/mol. The molecule has 5 nitrogen and oxygen atoms in total. The molecule has 22 heavy (non-hydrogen) atoms. The molecule has 0 unspecified atom stereocenters. The van der Waals surface area contributed by atoms with Crippen molar-refractivity contribution in [1.82, 2.24) is 10.6 Å². The van der Waals surface area contributed by atoms with E-state index in [0.29, 0.717) is 6.04 Å². The molecule has 1 aliphatic heterocycles. The van der Waals surface area contributed by atoms with Crippen LogP contribution in [0.1, 0.15) is 19.4 Å². The fourth-order valence-corrected chi connectivity index (χ4v) is 2.30. The van der Waals surface area contributed by atoms with Gasteiger partial charge in [-0.2, -0.15) is 0 Å². The van der Waals surface area contributed by atoms with Gasteiger partial charge in [0.25, 0.3) is 0 Å². The number of hydrogen-bond acceptors (Lipinski definition) is 3. The first-order valence-corrected chi connectivity index (χ1v) is 7.58. The van der Waals surface area contributed by atoms with E-state index in [4.69, 9.17) is 4.74 Å². The van der Waals surface area contributed by atoms with Crippen LogP contribution in [0.5, 0.6) is 0 Å². The third-order valence-electron chi connectivity index (χ3n) is 3.42. The Morgan fingerprint density at radius 3 is 2.41 bits per heavy atom. The number of hydrogen-bond donors (Lipinski definition) is 2. The van der Waals surface area contributed by atoms with E-state index in [9.17, 15) is 0 Å². The number of ether oxygens (including phenoxy) is 1.